The molecule has 0 radical (unpaired) electrons. The molecule has 0 fully saturated rings. The van der Waals surface area contributed by atoms with Gasteiger partial charge >= 0.3 is 25.2 Å². The Labute approximate surface area is 181 Å². The predicted molar refractivity (Wildman–Crippen MR) is 118 cm³/mol. The molecule has 0 spiro atoms. The van der Waals surface area contributed by atoms with Gasteiger partial charge in [-0.2, -0.15) is 6.67 Å². The van der Waals surface area contributed by atoms with E-state index in [9.17, 15) is 0 Å². The summed E-state index contributed by atoms with van der Waals surface area (Å²) >= 11 is 3.66. The van der Waals surface area contributed by atoms with Crippen LogP contribution in [0.25, 0.3) is 0 Å². The van der Waals surface area contributed by atoms with Gasteiger partial charge in [0.25, 0.3) is 0 Å². The molecular weight excluding hydrogens is 403 g/mol. The van der Waals surface area contributed by atoms with Crippen LogP contribution >= 0.6 is 10.1 Å². The molecule has 0 saturated carbocycles. The maximum atomic E-state index is 4.20. The van der Waals surface area contributed by atoms with E-state index < -0.39 is 0 Å². The van der Waals surface area contributed by atoms with Crippen molar-refractivity contribution in [1.82, 2.24) is 0 Å². The van der Waals surface area contributed by atoms with Crippen molar-refractivity contribution in [2.45, 2.75) is 93.2 Å². The van der Waals surface area contributed by atoms with Gasteiger partial charge in [0.1, 0.15) is 0 Å². The number of fused-ring (bicyclic) bond motifs is 1. The molecule has 0 N–H and O–H groups in total. The second-order valence-corrected chi connectivity index (χ2v) is 11.4. The van der Waals surface area contributed by atoms with Crippen LogP contribution in [0.5, 0.6) is 0 Å². The summed E-state index contributed by atoms with van der Waals surface area (Å²) in [6, 6.07) is 8.85. The molecule has 159 valence electrons. The van der Waals surface area contributed by atoms with Crippen molar-refractivity contribution in [1.29, 1.82) is 0 Å². The second-order valence-electron chi connectivity index (χ2n) is 11.4. The number of halogens is 1. The molecule has 2 rings (SSSR count). The van der Waals surface area contributed by atoms with Crippen LogP contribution in [-0.4, -0.2) is 11.1 Å². The SMILES string of the molecule is CC(C)(C)CC(C)(C)N1[CH-]N(C(C)(C)CC(C)(C)C)c2ccccc21.[Cl][Cu+]. The topological polar surface area (TPSA) is 6.48 Å². The van der Waals surface area contributed by atoms with Gasteiger partial charge in [-0.3, -0.25) is 0 Å². The summed E-state index contributed by atoms with van der Waals surface area (Å²) in [5, 5.41) is 0. The zero-order valence-electron chi connectivity index (χ0n) is 18.9. The first kappa shape index (κ1) is 24.7. The van der Waals surface area contributed by atoms with E-state index in [0.717, 1.165) is 12.8 Å². The van der Waals surface area contributed by atoms with Gasteiger partial charge < -0.3 is 9.80 Å². The van der Waals surface area contributed by atoms with Gasteiger partial charge in [-0.25, -0.2) is 0 Å². The molecule has 1 aliphatic rings. The molecule has 1 aliphatic heterocycles. The first-order valence-electron chi connectivity index (χ1n) is 9.77. The molecular formula is C23H39ClCuN2. The van der Waals surface area contributed by atoms with Gasteiger partial charge in [0.05, 0.1) is 0 Å². The van der Waals surface area contributed by atoms with Crippen LogP contribution in [0.15, 0.2) is 24.3 Å². The Bertz CT molecular complexity index is 559. The van der Waals surface area contributed by atoms with Gasteiger partial charge in [0, 0.05) is 22.5 Å². The van der Waals surface area contributed by atoms with Crippen molar-refractivity contribution in [3.05, 3.63) is 30.9 Å². The molecule has 27 heavy (non-hydrogen) atoms. The molecule has 4 heteroatoms. The van der Waals surface area contributed by atoms with Crippen LogP contribution < -0.4 is 9.80 Å². The minimum absolute atomic E-state index is 0.0704. The average Bonchev–Trinajstić information content (AvgIpc) is 2.85. The van der Waals surface area contributed by atoms with Gasteiger partial charge in [-0.05, 0) is 63.5 Å². The summed E-state index contributed by atoms with van der Waals surface area (Å²) in [4.78, 5) is 5.00. The van der Waals surface area contributed by atoms with E-state index in [1.807, 2.05) is 0 Å². The van der Waals surface area contributed by atoms with E-state index in [1.165, 1.54) is 11.4 Å². The monoisotopic (exact) mass is 441 g/mol. The van der Waals surface area contributed by atoms with Crippen LogP contribution in [0.3, 0.4) is 0 Å². The van der Waals surface area contributed by atoms with Gasteiger partial charge in [-0.1, -0.05) is 53.7 Å². The number of hydrogen-bond donors (Lipinski definition) is 0. The standard InChI is InChI=1S/C23H39N2.ClH.Cu/c1-20(2,3)15-22(7,8)24-17-25(19-14-12-11-13-18(19)24)23(9,10)16-21(4,5)6;;/h11-14,17H,15-16H2,1-10H3;1H;/q-1;;+2/p-1. The molecule has 1 aromatic rings. The number of benzene rings is 1. The van der Waals surface area contributed by atoms with Crippen LogP contribution in [0.1, 0.15) is 82.1 Å². The summed E-state index contributed by atoms with van der Waals surface area (Å²) < 4.78 is 0. The summed E-state index contributed by atoms with van der Waals surface area (Å²) in [7, 11) is 4.20. The van der Waals surface area contributed by atoms with E-state index >= 15 is 0 Å². The summed E-state index contributed by atoms with van der Waals surface area (Å²) in [5.74, 6) is 0. The molecule has 0 aromatic heterocycles. The van der Waals surface area contributed by atoms with E-state index in [4.69, 9.17) is 0 Å². The van der Waals surface area contributed by atoms with Crippen LogP contribution in [0.4, 0.5) is 11.4 Å². The number of para-hydroxylation sites is 2. The fourth-order valence-corrected chi connectivity index (χ4v) is 4.84. The van der Waals surface area contributed by atoms with Crippen molar-refractivity contribution in [3.63, 3.8) is 0 Å². The molecule has 1 aromatic carbocycles. The number of hydrogen-bond acceptors (Lipinski definition) is 2. The molecule has 0 atom stereocenters. The maximum absolute atomic E-state index is 4.20. The molecule has 1 heterocycles. The fourth-order valence-electron chi connectivity index (χ4n) is 4.84. The van der Waals surface area contributed by atoms with Crippen molar-refractivity contribution in [2.75, 3.05) is 9.80 Å². The molecule has 2 nitrogen and oxygen atoms in total. The van der Waals surface area contributed by atoms with E-state index in [0.29, 0.717) is 10.8 Å². The normalized spacial score (nSPS) is 15.4. The third-order valence-electron chi connectivity index (χ3n) is 4.86. The average molecular weight is 443 g/mol. The van der Waals surface area contributed by atoms with E-state index in [1.54, 1.807) is 0 Å². The minimum atomic E-state index is 0.0704. The Morgan fingerprint density at radius 3 is 1.26 bits per heavy atom. The summed E-state index contributed by atoms with van der Waals surface area (Å²) in [5.41, 5.74) is 3.39. The molecule has 0 bridgehead atoms. The van der Waals surface area contributed by atoms with Gasteiger partial charge in [0.15, 0.2) is 0 Å². The Morgan fingerprint density at radius 1 is 0.704 bits per heavy atom. The van der Waals surface area contributed by atoms with Crippen LogP contribution in [0.2, 0.25) is 0 Å². The first-order valence-corrected chi connectivity index (χ1v) is 11.1. The zero-order valence-corrected chi connectivity index (χ0v) is 20.6. The van der Waals surface area contributed by atoms with Crippen molar-refractivity contribution in [3.8, 4) is 0 Å². The Balaban J connectivity index is 0.00000176. The molecule has 0 unspecified atom stereocenters. The van der Waals surface area contributed by atoms with Crippen LogP contribution in [-0.2, 0) is 15.1 Å². The predicted octanol–water partition coefficient (Wildman–Crippen LogP) is 7.55. The van der Waals surface area contributed by atoms with Crippen molar-refractivity contribution < 1.29 is 15.1 Å². The van der Waals surface area contributed by atoms with Crippen molar-refractivity contribution in [2.24, 2.45) is 10.8 Å². The molecule has 0 aliphatic carbocycles. The Hall–Kier alpha value is -0.371. The Morgan fingerprint density at radius 2 is 1.00 bits per heavy atom. The second kappa shape index (κ2) is 8.56. The van der Waals surface area contributed by atoms with Crippen molar-refractivity contribution >= 4 is 21.5 Å². The summed E-state index contributed by atoms with van der Waals surface area (Å²) in [6.07, 6.45) is 2.27. The van der Waals surface area contributed by atoms with E-state index in [-0.39, 0.29) is 11.1 Å². The number of rotatable bonds is 4. The zero-order chi connectivity index (χ0) is 21.3. The quantitative estimate of drug-likeness (QED) is 0.351. The van der Waals surface area contributed by atoms with Gasteiger partial charge in [-0.15, -0.1) is 0 Å². The molecule has 0 amide bonds. The number of nitrogens with zero attached hydrogens (tertiary/aromatic N) is 2. The third-order valence-corrected chi connectivity index (χ3v) is 4.86. The molecule has 0 saturated heterocycles. The van der Waals surface area contributed by atoms with Gasteiger partial charge in [0.2, 0.25) is 0 Å². The fraction of sp³-hybridized carbons (Fsp3) is 0.696. The van der Waals surface area contributed by atoms with Crippen LogP contribution in [0, 0.1) is 17.5 Å². The number of anilines is 2. The summed E-state index contributed by atoms with van der Waals surface area (Å²) in [6.45, 7) is 25.8. The third kappa shape index (κ3) is 6.58. The first-order chi connectivity index (χ1) is 12.1. The Kier molecular flexibility index (Phi) is 7.82. The van der Waals surface area contributed by atoms with E-state index in [2.05, 4.69) is 135 Å².